The molecule has 0 bridgehead atoms. The number of phenolic OH excluding ortho intramolecular Hbond substituents is 1. The van der Waals surface area contributed by atoms with Gasteiger partial charge in [-0.2, -0.15) is 0 Å². The first-order valence-electron chi connectivity index (χ1n) is 9.05. The lowest BCUT2D eigenvalue weighted by atomic mass is 10.1. The van der Waals surface area contributed by atoms with Crippen molar-refractivity contribution in [2.75, 3.05) is 13.1 Å². The molecule has 0 aliphatic rings. The van der Waals surface area contributed by atoms with Crippen LogP contribution < -0.4 is 15.8 Å². The third kappa shape index (κ3) is 4.95. The van der Waals surface area contributed by atoms with E-state index in [1.54, 1.807) is 18.2 Å². The van der Waals surface area contributed by atoms with E-state index in [1.807, 2.05) is 6.92 Å². The van der Waals surface area contributed by atoms with Gasteiger partial charge in [-0.05, 0) is 36.8 Å². The van der Waals surface area contributed by atoms with Crippen LogP contribution in [0.1, 0.15) is 18.1 Å². The van der Waals surface area contributed by atoms with Crippen LogP contribution in [-0.4, -0.2) is 24.1 Å². The highest BCUT2D eigenvalue weighted by Gasteiger charge is 2.16. The molecule has 0 spiro atoms. The first-order valence-corrected chi connectivity index (χ1v) is 9.05. The van der Waals surface area contributed by atoms with Crippen molar-refractivity contribution in [2.24, 2.45) is 0 Å². The predicted molar refractivity (Wildman–Crippen MR) is 102 cm³/mol. The van der Waals surface area contributed by atoms with Crippen molar-refractivity contribution in [1.82, 2.24) is 5.32 Å². The number of carbonyl (C=O) groups excluding carboxylic acids is 1. The molecule has 0 aliphatic heterocycles. The maximum atomic E-state index is 12.9. The molecular formula is C21H22FN2O4+. The molecule has 0 fully saturated rings. The summed E-state index contributed by atoms with van der Waals surface area (Å²) in [6.45, 7) is 3.67. The summed E-state index contributed by atoms with van der Waals surface area (Å²) < 4.78 is 18.1. The van der Waals surface area contributed by atoms with Crippen LogP contribution in [-0.2, 0) is 17.9 Å². The highest BCUT2D eigenvalue weighted by molar-refractivity contribution is 5.81. The monoisotopic (exact) mass is 385 g/mol. The van der Waals surface area contributed by atoms with Gasteiger partial charge >= 0.3 is 5.63 Å². The van der Waals surface area contributed by atoms with Crippen molar-refractivity contribution in [2.45, 2.75) is 20.0 Å². The van der Waals surface area contributed by atoms with Crippen molar-refractivity contribution in [3.63, 3.8) is 0 Å². The van der Waals surface area contributed by atoms with E-state index >= 15 is 0 Å². The topological polar surface area (TPSA) is 84.0 Å². The number of carbonyl (C=O) groups is 1. The molecule has 7 heteroatoms. The molecule has 3 N–H and O–H groups in total. The number of amides is 1. The van der Waals surface area contributed by atoms with Crippen molar-refractivity contribution in [3.8, 4) is 5.75 Å². The zero-order valence-corrected chi connectivity index (χ0v) is 15.5. The van der Waals surface area contributed by atoms with Gasteiger partial charge in [0.2, 0.25) is 0 Å². The largest absolute Gasteiger partial charge is 0.508 e. The van der Waals surface area contributed by atoms with Crippen molar-refractivity contribution < 1.29 is 23.6 Å². The Morgan fingerprint density at radius 2 is 1.93 bits per heavy atom. The number of rotatable bonds is 7. The minimum Gasteiger partial charge on any atom is -0.508 e. The maximum absolute atomic E-state index is 12.9. The number of phenols is 1. The molecule has 6 nitrogen and oxygen atoms in total. The average molecular weight is 385 g/mol. The van der Waals surface area contributed by atoms with Gasteiger partial charge in [-0.15, -0.1) is 0 Å². The van der Waals surface area contributed by atoms with E-state index in [1.165, 1.54) is 30.3 Å². The van der Waals surface area contributed by atoms with Gasteiger partial charge in [0, 0.05) is 29.6 Å². The summed E-state index contributed by atoms with van der Waals surface area (Å²) in [6, 6.07) is 12.0. The van der Waals surface area contributed by atoms with Crippen molar-refractivity contribution in [1.29, 1.82) is 0 Å². The molecule has 1 aromatic heterocycles. The van der Waals surface area contributed by atoms with Crippen LogP contribution in [0, 0.1) is 5.82 Å². The number of quaternary nitrogens is 1. The first-order chi connectivity index (χ1) is 13.4. The number of aromatic hydroxyl groups is 1. The fourth-order valence-electron chi connectivity index (χ4n) is 3.04. The summed E-state index contributed by atoms with van der Waals surface area (Å²) in [7, 11) is 0. The molecule has 0 aliphatic carbocycles. The Balaban J connectivity index is 1.67. The average Bonchev–Trinajstić information content (AvgIpc) is 2.66. The van der Waals surface area contributed by atoms with E-state index in [0.717, 1.165) is 21.4 Å². The molecule has 1 unspecified atom stereocenters. The Kier molecular flexibility index (Phi) is 6.06. The Hall–Kier alpha value is -3.19. The second-order valence-corrected chi connectivity index (χ2v) is 6.63. The van der Waals surface area contributed by atoms with Crippen LogP contribution in [0.4, 0.5) is 4.39 Å². The molecule has 0 saturated carbocycles. The van der Waals surface area contributed by atoms with E-state index in [-0.39, 0.29) is 24.0 Å². The van der Waals surface area contributed by atoms with Gasteiger partial charge in [0.1, 0.15) is 23.7 Å². The Bertz CT molecular complexity index is 1030. The molecular weight excluding hydrogens is 363 g/mol. The number of halogens is 1. The Labute approximate surface area is 161 Å². The summed E-state index contributed by atoms with van der Waals surface area (Å²) in [5.74, 6) is -0.427. The molecule has 1 heterocycles. The number of nitrogens with one attached hydrogen (secondary N) is 2. The number of likely N-dealkylation sites (N-methyl/N-ethyl adjacent to an activating group) is 1. The molecule has 2 aromatic carbocycles. The minimum atomic E-state index is -0.496. The summed E-state index contributed by atoms with van der Waals surface area (Å²) in [4.78, 5) is 25.1. The van der Waals surface area contributed by atoms with Crippen LogP contribution in [0.5, 0.6) is 5.75 Å². The van der Waals surface area contributed by atoms with Gasteiger partial charge < -0.3 is 19.7 Å². The third-order valence-electron chi connectivity index (χ3n) is 4.57. The van der Waals surface area contributed by atoms with E-state index in [9.17, 15) is 19.1 Å². The quantitative estimate of drug-likeness (QED) is 0.536. The highest BCUT2D eigenvalue weighted by Crippen LogP contribution is 2.21. The molecule has 0 saturated heterocycles. The van der Waals surface area contributed by atoms with E-state index in [4.69, 9.17) is 4.42 Å². The number of fused-ring (bicyclic) bond motifs is 1. The smallest absolute Gasteiger partial charge is 0.336 e. The fraction of sp³-hybridized carbons (Fsp3) is 0.238. The molecule has 1 atom stereocenters. The van der Waals surface area contributed by atoms with Crippen LogP contribution in [0.15, 0.2) is 57.7 Å². The Morgan fingerprint density at radius 1 is 1.18 bits per heavy atom. The van der Waals surface area contributed by atoms with Crippen LogP contribution in [0.2, 0.25) is 0 Å². The molecule has 3 aromatic rings. The van der Waals surface area contributed by atoms with Gasteiger partial charge in [-0.25, -0.2) is 9.18 Å². The van der Waals surface area contributed by atoms with Crippen molar-refractivity contribution >= 4 is 16.9 Å². The summed E-state index contributed by atoms with van der Waals surface area (Å²) in [6.07, 6.45) is 0. The number of hydrogen-bond acceptors (Lipinski definition) is 4. The van der Waals surface area contributed by atoms with Gasteiger partial charge in [-0.3, -0.25) is 4.79 Å². The van der Waals surface area contributed by atoms with E-state index in [0.29, 0.717) is 25.2 Å². The lowest BCUT2D eigenvalue weighted by Crippen LogP contribution is -3.11. The Morgan fingerprint density at radius 3 is 2.64 bits per heavy atom. The van der Waals surface area contributed by atoms with Gasteiger partial charge in [0.15, 0.2) is 6.54 Å². The second kappa shape index (κ2) is 8.67. The van der Waals surface area contributed by atoms with E-state index in [2.05, 4.69) is 5.32 Å². The third-order valence-corrected chi connectivity index (χ3v) is 4.57. The number of hydrogen-bond donors (Lipinski definition) is 3. The molecule has 28 heavy (non-hydrogen) atoms. The zero-order valence-electron chi connectivity index (χ0n) is 15.5. The predicted octanol–water partition coefficient (Wildman–Crippen LogP) is 1.36. The second-order valence-electron chi connectivity index (χ2n) is 6.63. The number of benzene rings is 2. The maximum Gasteiger partial charge on any atom is 0.336 e. The van der Waals surface area contributed by atoms with Crippen LogP contribution >= 0.6 is 0 Å². The zero-order chi connectivity index (χ0) is 20.1. The normalized spacial score (nSPS) is 12.1. The standard InChI is InChI=1S/C21H21FN2O4/c1-2-24(13-20(26)23-11-14-3-5-16(22)6-4-14)12-15-9-21(27)28-19-10-17(25)7-8-18(15)19/h3-10,25H,2,11-13H2,1H3,(H,23,26)/p+1. The van der Waals surface area contributed by atoms with E-state index < -0.39 is 5.63 Å². The molecule has 146 valence electrons. The lowest BCUT2D eigenvalue weighted by Gasteiger charge is -2.18. The summed E-state index contributed by atoms with van der Waals surface area (Å²) in [5.41, 5.74) is 1.40. The highest BCUT2D eigenvalue weighted by atomic mass is 19.1. The summed E-state index contributed by atoms with van der Waals surface area (Å²) in [5, 5.41) is 13.1. The van der Waals surface area contributed by atoms with Gasteiger partial charge in [0.25, 0.3) is 5.91 Å². The van der Waals surface area contributed by atoms with Gasteiger partial charge in [0.05, 0.1) is 6.54 Å². The summed E-state index contributed by atoms with van der Waals surface area (Å²) >= 11 is 0. The van der Waals surface area contributed by atoms with Crippen LogP contribution in [0.25, 0.3) is 11.0 Å². The molecule has 0 radical (unpaired) electrons. The SMILES string of the molecule is CC[NH+](CC(=O)NCc1ccc(F)cc1)Cc1cc(=O)oc2cc(O)ccc12. The van der Waals surface area contributed by atoms with Crippen LogP contribution in [0.3, 0.4) is 0 Å². The molecule has 3 rings (SSSR count). The van der Waals surface area contributed by atoms with Gasteiger partial charge in [-0.1, -0.05) is 12.1 Å². The van der Waals surface area contributed by atoms with Crippen molar-refractivity contribution in [3.05, 3.63) is 75.9 Å². The fourth-order valence-corrected chi connectivity index (χ4v) is 3.04. The lowest BCUT2D eigenvalue weighted by molar-refractivity contribution is -0.904. The first kappa shape index (κ1) is 19.6. The molecule has 1 amide bonds. The minimum absolute atomic E-state index is 0.0210.